The van der Waals surface area contributed by atoms with Gasteiger partial charge in [0.15, 0.2) is 0 Å². The molecule has 0 radical (unpaired) electrons. The van der Waals surface area contributed by atoms with Crippen molar-refractivity contribution in [3.8, 4) is 0 Å². The molecule has 0 saturated heterocycles. The molecule has 1 aromatic heterocycles. The van der Waals surface area contributed by atoms with Gasteiger partial charge in [-0.15, -0.1) is 11.3 Å². The van der Waals surface area contributed by atoms with Crippen LogP contribution in [0.1, 0.15) is 55.9 Å². The van der Waals surface area contributed by atoms with Crippen molar-refractivity contribution in [3.63, 3.8) is 0 Å². The van der Waals surface area contributed by atoms with E-state index in [2.05, 4.69) is 5.32 Å². The maximum atomic E-state index is 14.0. The molecule has 2 rings (SSSR count). The predicted octanol–water partition coefficient (Wildman–Crippen LogP) is 4.31. The molecule has 1 aliphatic carbocycles. The summed E-state index contributed by atoms with van der Waals surface area (Å²) in [6.07, 6.45) is 11.1. The lowest BCUT2D eigenvalue weighted by Gasteiger charge is -2.20. The number of halogens is 1. The summed E-state index contributed by atoms with van der Waals surface area (Å²) < 4.78 is 19.6. The van der Waals surface area contributed by atoms with Gasteiger partial charge in [-0.2, -0.15) is 0 Å². The third kappa shape index (κ3) is 8.10. The molecule has 1 aliphatic rings. The van der Waals surface area contributed by atoms with Gasteiger partial charge < -0.3 is 20.3 Å². The minimum atomic E-state index is -0.590. The zero-order valence-corrected chi connectivity index (χ0v) is 20.2. The van der Waals surface area contributed by atoms with Crippen LogP contribution in [-0.2, 0) is 16.0 Å². The molecule has 0 aromatic carbocycles. The molecule has 180 valence electrons. The van der Waals surface area contributed by atoms with Gasteiger partial charge in [0.1, 0.15) is 5.82 Å². The van der Waals surface area contributed by atoms with E-state index in [0.29, 0.717) is 44.2 Å². The highest BCUT2D eigenvalue weighted by molar-refractivity contribution is 7.10. The Morgan fingerprint density at radius 2 is 2.16 bits per heavy atom. The lowest BCUT2D eigenvalue weighted by atomic mass is 9.89. The normalized spacial score (nSPS) is 24.6. The summed E-state index contributed by atoms with van der Waals surface area (Å²) in [6.45, 7) is 4.33. The van der Waals surface area contributed by atoms with E-state index in [1.165, 1.54) is 11.3 Å². The molecule has 1 fully saturated rings. The Morgan fingerprint density at radius 1 is 1.38 bits per heavy atom. The molecular weight excluding hydrogens is 429 g/mol. The highest BCUT2D eigenvalue weighted by Crippen LogP contribution is 2.36. The van der Waals surface area contributed by atoms with E-state index in [0.717, 1.165) is 17.7 Å². The number of hydrogen-bond acceptors (Lipinski definition) is 5. The minimum Gasteiger partial charge on any atom is -0.393 e. The van der Waals surface area contributed by atoms with Crippen LogP contribution in [0.2, 0.25) is 0 Å². The van der Waals surface area contributed by atoms with Crippen LogP contribution in [0, 0.1) is 24.6 Å². The van der Waals surface area contributed by atoms with Crippen molar-refractivity contribution in [2.45, 2.75) is 77.1 Å². The summed E-state index contributed by atoms with van der Waals surface area (Å²) in [7, 11) is 1.63. The van der Waals surface area contributed by atoms with Crippen LogP contribution in [0.15, 0.2) is 29.7 Å². The first-order valence-electron chi connectivity index (χ1n) is 11.6. The second-order valence-electron chi connectivity index (χ2n) is 8.52. The maximum absolute atomic E-state index is 14.0. The van der Waals surface area contributed by atoms with Gasteiger partial charge in [-0.1, -0.05) is 24.3 Å². The number of aliphatic hydroxyl groups excluding tert-OH is 2. The van der Waals surface area contributed by atoms with Gasteiger partial charge in [-0.25, -0.2) is 4.39 Å². The quantitative estimate of drug-likeness (QED) is 0.298. The van der Waals surface area contributed by atoms with E-state index < -0.39 is 12.2 Å². The number of amides is 1. The van der Waals surface area contributed by atoms with Gasteiger partial charge in [0.05, 0.1) is 18.3 Å². The number of methoxy groups -OCH3 is 1. The van der Waals surface area contributed by atoms with E-state index in [1.807, 2.05) is 36.6 Å². The van der Waals surface area contributed by atoms with Gasteiger partial charge in [0.25, 0.3) is 0 Å². The van der Waals surface area contributed by atoms with Gasteiger partial charge in [0.2, 0.25) is 5.91 Å². The monoisotopic (exact) mass is 467 g/mol. The number of rotatable bonds is 13. The van der Waals surface area contributed by atoms with Crippen molar-refractivity contribution >= 4 is 17.2 Å². The Hall–Kier alpha value is -1.54. The fourth-order valence-electron chi connectivity index (χ4n) is 4.21. The Balaban J connectivity index is 1.85. The first kappa shape index (κ1) is 26.7. The Labute approximate surface area is 195 Å². The predicted molar refractivity (Wildman–Crippen MR) is 127 cm³/mol. The summed E-state index contributed by atoms with van der Waals surface area (Å²) in [5, 5.41) is 25.5. The molecule has 32 heavy (non-hydrogen) atoms. The van der Waals surface area contributed by atoms with Crippen molar-refractivity contribution < 1.29 is 24.1 Å². The lowest BCUT2D eigenvalue weighted by Crippen LogP contribution is -2.21. The number of carbonyl (C=O) groups excluding carboxylic acids is 1. The molecule has 7 heteroatoms. The minimum absolute atomic E-state index is 0.0595. The smallest absolute Gasteiger partial charge is 0.219 e. The van der Waals surface area contributed by atoms with Crippen molar-refractivity contribution in [1.82, 2.24) is 5.32 Å². The highest BCUT2D eigenvalue weighted by Gasteiger charge is 2.39. The Morgan fingerprint density at radius 3 is 2.81 bits per heavy atom. The van der Waals surface area contributed by atoms with Crippen LogP contribution in [0.3, 0.4) is 0 Å². The fourth-order valence-corrected chi connectivity index (χ4v) is 5.14. The molecule has 1 aromatic rings. The third-order valence-corrected chi connectivity index (χ3v) is 7.25. The maximum Gasteiger partial charge on any atom is 0.219 e. The molecule has 5 nitrogen and oxygen atoms in total. The van der Waals surface area contributed by atoms with E-state index in [4.69, 9.17) is 4.74 Å². The summed E-state index contributed by atoms with van der Waals surface area (Å²) in [6, 6.07) is 0. The average molecular weight is 468 g/mol. The lowest BCUT2D eigenvalue weighted by molar-refractivity contribution is -0.121. The first-order chi connectivity index (χ1) is 15.4. The number of hydrogen-bond donors (Lipinski definition) is 3. The molecule has 0 spiro atoms. The van der Waals surface area contributed by atoms with E-state index >= 15 is 0 Å². The van der Waals surface area contributed by atoms with Crippen LogP contribution in [-0.4, -0.2) is 48.1 Å². The van der Waals surface area contributed by atoms with Crippen molar-refractivity contribution in [1.29, 1.82) is 0 Å². The number of unbranched alkanes of at least 4 members (excludes halogenated alkanes) is 1. The molecule has 5 atom stereocenters. The number of thiophene rings is 1. The van der Waals surface area contributed by atoms with Crippen molar-refractivity contribution in [3.05, 3.63) is 45.9 Å². The van der Waals surface area contributed by atoms with E-state index in [1.54, 1.807) is 14.0 Å². The summed E-state index contributed by atoms with van der Waals surface area (Å²) >= 11 is 1.43. The number of ether oxygens (including phenoxy) is 1. The number of aryl methyl sites for hydroxylation is 2. The largest absolute Gasteiger partial charge is 0.393 e. The number of nitrogens with one attached hydrogen (secondary N) is 1. The Bertz CT molecular complexity index is 763. The van der Waals surface area contributed by atoms with Crippen molar-refractivity contribution in [2.24, 2.45) is 11.8 Å². The molecule has 1 heterocycles. The fraction of sp³-hybridized carbons (Fsp3) is 0.640. The van der Waals surface area contributed by atoms with Crippen LogP contribution in [0.5, 0.6) is 0 Å². The summed E-state index contributed by atoms with van der Waals surface area (Å²) in [5.41, 5.74) is 0.678. The second-order valence-corrected chi connectivity index (χ2v) is 9.48. The zero-order chi connectivity index (χ0) is 23.5. The van der Waals surface area contributed by atoms with Gasteiger partial charge >= 0.3 is 0 Å². The first-order valence-corrected chi connectivity index (χ1v) is 12.5. The molecule has 1 saturated carbocycles. The van der Waals surface area contributed by atoms with Crippen LogP contribution in [0.25, 0.3) is 0 Å². The number of allylic oxidation sites excluding steroid dienone is 2. The molecule has 0 unspecified atom stereocenters. The van der Waals surface area contributed by atoms with Gasteiger partial charge in [-0.05, 0) is 62.8 Å². The van der Waals surface area contributed by atoms with E-state index in [9.17, 15) is 19.4 Å². The van der Waals surface area contributed by atoms with Crippen LogP contribution >= 0.6 is 11.3 Å². The highest BCUT2D eigenvalue weighted by atomic mass is 32.1. The SMILES string of the molecule is CCNC(=O)CCCC=CC[C@@H]1[C@@H](C=C[C@H](CCc2scc(C)c2F)OC)[C@H](O)C[C@@H]1O. The van der Waals surface area contributed by atoms with Crippen molar-refractivity contribution in [2.75, 3.05) is 13.7 Å². The van der Waals surface area contributed by atoms with Gasteiger partial charge in [0, 0.05) is 37.3 Å². The molecule has 3 N–H and O–H groups in total. The topological polar surface area (TPSA) is 78.8 Å². The molecule has 0 bridgehead atoms. The van der Waals surface area contributed by atoms with Gasteiger partial charge in [-0.3, -0.25) is 4.79 Å². The van der Waals surface area contributed by atoms with E-state index in [-0.39, 0.29) is 29.7 Å². The standard InChI is InChI=1S/C25H38FNO4S/c1-4-27-24(30)10-8-6-5-7-9-19-20(22(29)15-21(19)28)13-11-18(31-3)12-14-23-25(26)17(2)16-32-23/h5,7,11,13,16,18-22,28-29H,4,6,8-10,12,14-15H2,1-3H3,(H,27,30)/t18-,19-,20-,21+,22-/m1/s1. The number of aliphatic hydroxyl groups is 2. The average Bonchev–Trinajstić information content (AvgIpc) is 3.22. The third-order valence-electron chi connectivity index (χ3n) is 6.12. The molecule has 1 amide bonds. The second kappa shape index (κ2) is 13.9. The number of carbonyl (C=O) groups is 1. The molecule has 0 aliphatic heterocycles. The zero-order valence-electron chi connectivity index (χ0n) is 19.4. The van der Waals surface area contributed by atoms with Crippen LogP contribution in [0.4, 0.5) is 4.39 Å². The van der Waals surface area contributed by atoms with Crippen LogP contribution < -0.4 is 5.32 Å². The Kier molecular flexibility index (Phi) is 11.6. The molecular formula is C25H38FNO4S. The summed E-state index contributed by atoms with van der Waals surface area (Å²) in [5.74, 6) is -0.259. The summed E-state index contributed by atoms with van der Waals surface area (Å²) in [4.78, 5) is 12.2.